The SMILES string of the molecule is CCOC(=S)SCc1cccc(CS(C)(=O)=O)c1. The lowest BCUT2D eigenvalue weighted by atomic mass is 10.2. The summed E-state index contributed by atoms with van der Waals surface area (Å²) in [5, 5.41) is 0. The van der Waals surface area contributed by atoms with Crippen molar-refractivity contribution in [2.75, 3.05) is 12.9 Å². The summed E-state index contributed by atoms with van der Waals surface area (Å²) in [5.74, 6) is 0.762. The normalized spacial score (nSPS) is 11.2. The van der Waals surface area contributed by atoms with Crippen LogP contribution < -0.4 is 0 Å². The van der Waals surface area contributed by atoms with Crippen molar-refractivity contribution in [3.63, 3.8) is 0 Å². The summed E-state index contributed by atoms with van der Waals surface area (Å²) in [5.41, 5.74) is 1.85. The Bertz CT molecular complexity index is 509. The molecule has 0 heterocycles. The second-order valence-corrected chi connectivity index (χ2v) is 7.58. The van der Waals surface area contributed by atoms with Crippen LogP contribution in [0.2, 0.25) is 0 Å². The Balaban J connectivity index is 2.62. The number of hydrogen-bond donors (Lipinski definition) is 0. The minimum absolute atomic E-state index is 0.0708. The topological polar surface area (TPSA) is 43.4 Å². The number of benzene rings is 1. The van der Waals surface area contributed by atoms with Crippen molar-refractivity contribution >= 4 is 38.2 Å². The second kappa shape index (κ2) is 7.11. The molecule has 0 saturated heterocycles. The summed E-state index contributed by atoms with van der Waals surface area (Å²) in [4.78, 5) is 0. The van der Waals surface area contributed by atoms with E-state index in [0.29, 0.717) is 16.7 Å². The Kier molecular flexibility index (Phi) is 6.11. The van der Waals surface area contributed by atoms with Gasteiger partial charge in [0.2, 0.25) is 4.38 Å². The van der Waals surface area contributed by atoms with Crippen molar-refractivity contribution < 1.29 is 13.2 Å². The molecule has 0 radical (unpaired) electrons. The predicted octanol–water partition coefficient (Wildman–Crippen LogP) is 2.79. The van der Waals surface area contributed by atoms with Gasteiger partial charge in [-0.15, -0.1) is 0 Å². The third-order valence-corrected chi connectivity index (χ3v) is 4.20. The molecular weight excluding hydrogens is 288 g/mol. The number of thioether (sulfide) groups is 1. The molecule has 6 heteroatoms. The molecular formula is C12H16O3S3. The van der Waals surface area contributed by atoms with E-state index >= 15 is 0 Å². The molecule has 0 aliphatic carbocycles. The van der Waals surface area contributed by atoms with Gasteiger partial charge in [-0.25, -0.2) is 8.42 Å². The highest BCUT2D eigenvalue weighted by atomic mass is 32.2. The third kappa shape index (κ3) is 6.37. The Labute approximate surface area is 118 Å². The first-order chi connectivity index (χ1) is 8.40. The molecule has 0 unspecified atom stereocenters. The molecule has 0 saturated carbocycles. The van der Waals surface area contributed by atoms with E-state index in [-0.39, 0.29) is 5.75 Å². The van der Waals surface area contributed by atoms with E-state index < -0.39 is 9.84 Å². The van der Waals surface area contributed by atoms with Gasteiger partial charge in [-0.1, -0.05) is 36.0 Å². The Morgan fingerprint density at radius 1 is 1.39 bits per heavy atom. The van der Waals surface area contributed by atoms with Crippen LogP contribution in [0.25, 0.3) is 0 Å². The van der Waals surface area contributed by atoms with Crippen LogP contribution in [0.1, 0.15) is 18.1 Å². The Hall–Kier alpha value is -0.590. The van der Waals surface area contributed by atoms with Crippen molar-refractivity contribution in [1.82, 2.24) is 0 Å². The quantitative estimate of drug-likeness (QED) is 0.783. The van der Waals surface area contributed by atoms with Gasteiger partial charge < -0.3 is 4.74 Å². The van der Waals surface area contributed by atoms with Crippen molar-refractivity contribution in [3.05, 3.63) is 35.4 Å². The number of thiocarbonyl (C=S) groups is 1. The van der Waals surface area contributed by atoms with Gasteiger partial charge in [-0.05, 0) is 30.3 Å². The Morgan fingerprint density at radius 3 is 2.67 bits per heavy atom. The standard InChI is InChI=1S/C12H16O3S3/c1-3-15-12(16)17-8-10-5-4-6-11(7-10)9-18(2,13)14/h4-7H,3,8-9H2,1-2H3. The number of hydrogen-bond acceptors (Lipinski definition) is 5. The minimum Gasteiger partial charge on any atom is -0.479 e. The van der Waals surface area contributed by atoms with Crippen LogP contribution in [0.3, 0.4) is 0 Å². The van der Waals surface area contributed by atoms with E-state index in [0.717, 1.165) is 11.1 Å². The van der Waals surface area contributed by atoms with Gasteiger partial charge in [0.1, 0.15) is 0 Å². The van der Waals surface area contributed by atoms with Gasteiger partial charge in [0.05, 0.1) is 12.4 Å². The minimum atomic E-state index is -2.99. The Morgan fingerprint density at radius 2 is 2.06 bits per heavy atom. The molecule has 1 aromatic carbocycles. The van der Waals surface area contributed by atoms with Crippen molar-refractivity contribution in [2.45, 2.75) is 18.4 Å². The van der Waals surface area contributed by atoms with E-state index in [1.54, 1.807) is 0 Å². The molecule has 3 nitrogen and oxygen atoms in total. The monoisotopic (exact) mass is 304 g/mol. The molecule has 0 N–H and O–H groups in total. The fraction of sp³-hybridized carbons (Fsp3) is 0.417. The van der Waals surface area contributed by atoms with Crippen LogP contribution in [-0.4, -0.2) is 25.7 Å². The second-order valence-electron chi connectivity index (χ2n) is 3.86. The van der Waals surface area contributed by atoms with E-state index in [1.165, 1.54) is 18.0 Å². The largest absolute Gasteiger partial charge is 0.479 e. The van der Waals surface area contributed by atoms with E-state index in [4.69, 9.17) is 17.0 Å². The zero-order valence-corrected chi connectivity index (χ0v) is 12.8. The highest BCUT2D eigenvalue weighted by Crippen LogP contribution is 2.17. The molecule has 1 rings (SSSR count). The summed E-state index contributed by atoms with van der Waals surface area (Å²) in [6, 6.07) is 7.52. The van der Waals surface area contributed by atoms with Crippen molar-refractivity contribution in [2.24, 2.45) is 0 Å². The molecule has 0 atom stereocenters. The zero-order valence-electron chi connectivity index (χ0n) is 10.4. The first-order valence-corrected chi connectivity index (χ1v) is 8.91. The molecule has 1 aromatic rings. The van der Waals surface area contributed by atoms with Crippen LogP contribution in [-0.2, 0) is 26.1 Å². The van der Waals surface area contributed by atoms with Crippen LogP contribution in [0.4, 0.5) is 0 Å². The smallest absolute Gasteiger partial charge is 0.220 e. The molecule has 0 aromatic heterocycles. The van der Waals surface area contributed by atoms with Crippen LogP contribution in [0.15, 0.2) is 24.3 Å². The fourth-order valence-electron chi connectivity index (χ4n) is 1.41. The average molecular weight is 304 g/mol. The summed E-state index contributed by atoms with van der Waals surface area (Å²) in [6.07, 6.45) is 1.23. The summed E-state index contributed by atoms with van der Waals surface area (Å²) >= 11 is 6.46. The summed E-state index contributed by atoms with van der Waals surface area (Å²) in [6.45, 7) is 2.46. The van der Waals surface area contributed by atoms with E-state index in [1.807, 2.05) is 31.2 Å². The maximum atomic E-state index is 11.2. The van der Waals surface area contributed by atoms with Crippen LogP contribution in [0, 0.1) is 0 Å². The van der Waals surface area contributed by atoms with Crippen LogP contribution in [0.5, 0.6) is 0 Å². The molecule has 0 spiro atoms. The van der Waals surface area contributed by atoms with E-state index in [2.05, 4.69) is 0 Å². The highest BCUT2D eigenvalue weighted by molar-refractivity contribution is 8.22. The lowest BCUT2D eigenvalue weighted by Gasteiger charge is -2.06. The van der Waals surface area contributed by atoms with Crippen molar-refractivity contribution in [3.8, 4) is 0 Å². The van der Waals surface area contributed by atoms with Gasteiger partial charge in [0, 0.05) is 12.0 Å². The molecule has 18 heavy (non-hydrogen) atoms. The highest BCUT2D eigenvalue weighted by Gasteiger charge is 2.06. The van der Waals surface area contributed by atoms with Gasteiger partial charge in [-0.2, -0.15) is 0 Å². The molecule has 0 aliphatic rings. The first kappa shape index (κ1) is 15.5. The number of rotatable bonds is 5. The van der Waals surface area contributed by atoms with Gasteiger partial charge in [-0.3, -0.25) is 0 Å². The van der Waals surface area contributed by atoms with E-state index in [9.17, 15) is 8.42 Å². The lowest BCUT2D eigenvalue weighted by molar-refractivity contribution is 0.346. The molecule has 100 valence electrons. The molecule has 0 amide bonds. The number of ether oxygens (including phenoxy) is 1. The first-order valence-electron chi connectivity index (χ1n) is 5.46. The zero-order chi connectivity index (χ0) is 13.6. The third-order valence-electron chi connectivity index (χ3n) is 2.04. The number of sulfone groups is 1. The van der Waals surface area contributed by atoms with Crippen LogP contribution >= 0.6 is 24.0 Å². The maximum Gasteiger partial charge on any atom is 0.220 e. The maximum absolute atomic E-state index is 11.2. The summed E-state index contributed by atoms with van der Waals surface area (Å²) < 4.78 is 28.1. The van der Waals surface area contributed by atoms with Gasteiger partial charge in [0.25, 0.3) is 0 Å². The van der Waals surface area contributed by atoms with Gasteiger partial charge >= 0.3 is 0 Å². The average Bonchev–Trinajstić information content (AvgIpc) is 2.25. The molecule has 0 bridgehead atoms. The fourth-order valence-corrected chi connectivity index (χ4v) is 3.16. The molecule has 0 aliphatic heterocycles. The van der Waals surface area contributed by atoms with Gasteiger partial charge in [0.15, 0.2) is 9.84 Å². The van der Waals surface area contributed by atoms with Crippen molar-refractivity contribution in [1.29, 1.82) is 0 Å². The summed E-state index contributed by atoms with van der Waals surface area (Å²) in [7, 11) is -2.99. The predicted molar refractivity (Wildman–Crippen MR) is 80.5 cm³/mol. The lowest BCUT2D eigenvalue weighted by Crippen LogP contribution is -2.01. The molecule has 0 fully saturated rings.